The van der Waals surface area contributed by atoms with Gasteiger partial charge in [0.2, 0.25) is 0 Å². The van der Waals surface area contributed by atoms with Crippen LogP contribution in [0.1, 0.15) is 32.5 Å². The average Bonchev–Trinajstić information content (AvgIpc) is 2.71. The van der Waals surface area contributed by atoms with E-state index in [2.05, 4.69) is 23.4 Å². The molecule has 0 aliphatic heterocycles. The van der Waals surface area contributed by atoms with E-state index < -0.39 is 0 Å². The first-order valence-corrected chi connectivity index (χ1v) is 5.99. The summed E-state index contributed by atoms with van der Waals surface area (Å²) in [4.78, 5) is 4.17. The lowest BCUT2D eigenvalue weighted by Gasteiger charge is -2.30. The molecule has 0 spiro atoms. The first-order chi connectivity index (χ1) is 7.67. The predicted molar refractivity (Wildman–Crippen MR) is 65.3 cm³/mol. The molecule has 0 aliphatic carbocycles. The molecule has 0 bridgehead atoms. The Morgan fingerprint density at radius 3 is 2.56 bits per heavy atom. The van der Waals surface area contributed by atoms with Gasteiger partial charge in [0.15, 0.2) is 0 Å². The van der Waals surface area contributed by atoms with Crippen molar-refractivity contribution in [3.8, 4) is 0 Å². The summed E-state index contributed by atoms with van der Waals surface area (Å²) in [5.74, 6) is 1.02. The van der Waals surface area contributed by atoms with Gasteiger partial charge in [-0.2, -0.15) is 0 Å². The number of hydrogen-bond acceptors (Lipinski definition) is 3. The molecule has 92 valence electrons. The van der Waals surface area contributed by atoms with Gasteiger partial charge in [-0.05, 0) is 19.8 Å². The number of aromatic nitrogens is 2. The van der Waals surface area contributed by atoms with E-state index >= 15 is 0 Å². The molecule has 16 heavy (non-hydrogen) atoms. The standard InChI is InChI=1S/C12H23N3O/c1-4-12(5-2,10-13)16-9-8-15-7-6-14-11(15)3/h6-7H,4-5,8-10,13H2,1-3H3. The Morgan fingerprint density at radius 2 is 2.12 bits per heavy atom. The number of ether oxygens (including phenoxy) is 1. The number of aryl methyl sites for hydroxylation is 1. The van der Waals surface area contributed by atoms with E-state index in [9.17, 15) is 0 Å². The number of hydrogen-bond donors (Lipinski definition) is 1. The van der Waals surface area contributed by atoms with Crippen molar-refractivity contribution in [3.05, 3.63) is 18.2 Å². The summed E-state index contributed by atoms with van der Waals surface area (Å²) in [7, 11) is 0. The van der Waals surface area contributed by atoms with Crippen molar-refractivity contribution >= 4 is 0 Å². The smallest absolute Gasteiger partial charge is 0.105 e. The molecule has 4 heteroatoms. The Balaban J connectivity index is 2.42. The van der Waals surface area contributed by atoms with Crippen LogP contribution < -0.4 is 5.73 Å². The lowest BCUT2D eigenvalue weighted by Crippen LogP contribution is -2.40. The predicted octanol–water partition coefficient (Wildman–Crippen LogP) is 1.73. The normalized spacial score (nSPS) is 12.0. The molecule has 1 rings (SSSR count). The fourth-order valence-corrected chi connectivity index (χ4v) is 1.80. The molecule has 0 amide bonds. The molecule has 1 heterocycles. The minimum absolute atomic E-state index is 0.144. The molecule has 4 nitrogen and oxygen atoms in total. The minimum atomic E-state index is -0.144. The first kappa shape index (κ1) is 13.2. The van der Waals surface area contributed by atoms with Gasteiger partial charge in [-0.3, -0.25) is 0 Å². The van der Waals surface area contributed by atoms with Gasteiger partial charge < -0.3 is 15.0 Å². The zero-order valence-corrected chi connectivity index (χ0v) is 10.6. The first-order valence-electron chi connectivity index (χ1n) is 5.99. The van der Waals surface area contributed by atoms with Gasteiger partial charge in [0.05, 0.1) is 12.2 Å². The lowest BCUT2D eigenvalue weighted by molar-refractivity contribution is -0.0476. The third-order valence-corrected chi connectivity index (χ3v) is 3.32. The van der Waals surface area contributed by atoms with Crippen LogP contribution in [0.15, 0.2) is 12.4 Å². The molecule has 0 fully saturated rings. The maximum atomic E-state index is 5.93. The Labute approximate surface area is 97.8 Å². The second-order valence-electron chi connectivity index (χ2n) is 4.11. The van der Waals surface area contributed by atoms with Crippen molar-refractivity contribution in [1.82, 2.24) is 9.55 Å². The van der Waals surface area contributed by atoms with Crippen molar-refractivity contribution in [2.24, 2.45) is 5.73 Å². The van der Waals surface area contributed by atoms with E-state index in [1.54, 1.807) is 0 Å². The van der Waals surface area contributed by atoms with Crippen molar-refractivity contribution in [2.45, 2.75) is 45.8 Å². The van der Waals surface area contributed by atoms with Gasteiger partial charge in [-0.1, -0.05) is 13.8 Å². The van der Waals surface area contributed by atoms with E-state index in [-0.39, 0.29) is 5.60 Å². The maximum Gasteiger partial charge on any atom is 0.105 e. The molecular weight excluding hydrogens is 202 g/mol. The fraction of sp³-hybridized carbons (Fsp3) is 0.750. The fourth-order valence-electron chi connectivity index (χ4n) is 1.80. The van der Waals surface area contributed by atoms with Crippen LogP contribution in [0.25, 0.3) is 0 Å². The van der Waals surface area contributed by atoms with Gasteiger partial charge in [0, 0.05) is 25.5 Å². The molecule has 0 radical (unpaired) electrons. The van der Waals surface area contributed by atoms with Crippen molar-refractivity contribution < 1.29 is 4.74 Å². The second-order valence-corrected chi connectivity index (χ2v) is 4.11. The summed E-state index contributed by atoms with van der Waals surface area (Å²) in [6.07, 6.45) is 5.71. The number of imidazole rings is 1. The molecule has 0 atom stereocenters. The molecule has 0 saturated carbocycles. The van der Waals surface area contributed by atoms with Crippen molar-refractivity contribution in [2.75, 3.05) is 13.2 Å². The second kappa shape index (κ2) is 6.01. The van der Waals surface area contributed by atoms with Crippen LogP contribution >= 0.6 is 0 Å². The van der Waals surface area contributed by atoms with Gasteiger partial charge >= 0.3 is 0 Å². The van der Waals surface area contributed by atoms with Crippen molar-refractivity contribution in [3.63, 3.8) is 0 Å². The highest BCUT2D eigenvalue weighted by Crippen LogP contribution is 2.18. The number of nitrogens with zero attached hydrogens (tertiary/aromatic N) is 2. The van der Waals surface area contributed by atoms with Gasteiger partial charge in [0.25, 0.3) is 0 Å². The van der Waals surface area contributed by atoms with Crippen LogP contribution in [0.2, 0.25) is 0 Å². The highest BCUT2D eigenvalue weighted by atomic mass is 16.5. The van der Waals surface area contributed by atoms with E-state index in [1.165, 1.54) is 0 Å². The Bertz CT molecular complexity index is 297. The SMILES string of the molecule is CCC(CC)(CN)OCCn1ccnc1C. The number of rotatable bonds is 7. The van der Waals surface area contributed by atoms with Crippen LogP contribution in [0.3, 0.4) is 0 Å². The molecule has 0 unspecified atom stereocenters. The Morgan fingerprint density at radius 1 is 1.44 bits per heavy atom. The van der Waals surface area contributed by atoms with Gasteiger partial charge in [0.1, 0.15) is 5.82 Å². The molecule has 0 saturated heterocycles. The zero-order chi connectivity index (χ0) is 12.0. The van der Waals surface area contributed by atoms with Crippen LogP contribution in [0.4, 0.5) is 0 Å². The van der Waals surface area contributed by atoms with Crippen molar-refractivity contribution in [1.29, 1.82) is 0 Å². The minimum Gasteiger partial charge on any atom is -0.372 e. The molecule has 0 aromatic carbocycles. The monoisotopic (exact) mass is 225 g/mol. The summed E-state index contributed by atoms with van der Waals surface area (Å²) in [5, 5.41) is 0. The summed E-state index contributed by atoms with van der Waals surface area (Å²) >= 11 is 0. The maximum absolute atomic E-state index is 5.93. The van der Waals surface area contributed by atoms with E-state index in [0.29, 0.717) is 13.2 Å². The molecule has 1 aromatic heterocycles. The summed E-state index contributed by atoms with van der Waals surface area (Å²) in [6, 6.07) is 0. The zero-order valence-electron chi connectivity index (χ0n) is 10.6. The topological polar surface area (TPSA) is 53.1 Å². The van der Waals surface area contributed by atoms with E-state index in [1.807, 2.05) is 19.3 Å². The van der Waals surface area contributed by atoms with Gasteiger partial charge in [-0.25, -0.2) is 4.98 Å². The molecule has 1 aromatic rings. The third-order valence-electron chi connectivity index (χ3n) is 3.32. The molecule has 2 N–H and O–H groups in total. The van der Waals surface area contributed by atoms with E-state index in [4.69, 9.17) is 10.5 Å². The third kappa shape index (κ3) is 3.06. The largest absolute Gasteiger partial charge is 0.372 e. The van der Waals surface area contributed by atoms with Crippen LogP contribution in [-0.2, 0) is 11.3 Å². The summed E-state index contributed by atoms with van der Waals surface area (Å²) in [5.41, 5.74) is 5.63. The van der Waals surface area contributed by atoms with Crippen LogP contribution in [0.5, 0.6) is 0 Å². The number of nitrogens with two attached hydrogens (primary N) is 1. The molecule has 0 aliphatic rings. The Hall–Kier alpha value is -0.870. The van der Waals surface area contributed by atoms with Crippen LogP contribution in [-0.4, -0.2) is 28.3 Å². The average molecular weight is 225 g/mol. The lowest BCUT2D eigenvalue weighted by atomic mass is 9.97. The quantitative estimate of drug-likeness (QED) is 0.769. The summed E-state index contributed by atoms with van der Waals surface area (Å²) < 4.78 is 8.02. The van der Waals surface area contributed by atoms with Crippen LogP contribution in [0, 0.1) is 6.92 Å². The highest BCUT2D eigenvalue weighted by molar-refractivity contribution is 4.88. The van der Waals surface area contributed by atoms with E-state index in [0.717, 1.165) is 25.2 Å². The Kier molecular flexibility index (Phi) is 4.96. The van der Waals surface area contributed by atoms with Gasteiger partial charge in [-0.15, -0.1) is 0 Å². The highest BCUT2D eigenvalue weighted by Gasteiger charge is 2.24. The summed E-state index contributed by atoms with van der Waals surface area (Å²) in [6.45, 7) is 8.36. The molecular formula is C12H23N3O.